The van der Waals surface area contributed by atoms with E-state index in [1.165, 1.54) is 33.7 Å². The van der Waals surface area contributed by atoms with Crippen LogP contribution in [0.2, 0.25) is 0 Å². The number of carbonyl (C=O) groups is 1. The average molecular weight is 280 g/mol. The Morgan fingerprint density at radius 3 is 2.78 bits per heavy atom. The highest BCUT2D eigenvalue weighted by molar-refractivity contribution is 7.73. The van der Waals surface area contributed by atoms with Gasteiger partial charge in [0.15, 0.2) is 3.95 Å². The van der Waals surface area contributed by atoms with Crippen LogP contribution in [-0.2, 0) is 0 Å². The zero-order valence-corrected chi connectivity index (χ0v) is 10.6. The zero-order valence-electron chi connectivity index (χ0n) is 8.98. The highest BCUT2D eigenvalue weighted by Crippen LogP contribution is 2.16. The Balaban J connectivity index is 2.41. The summed E-state index contributed by atoms with van der Waals surface area (Å²) in [7, 11) is 0. The summed E-state index contributed by atoms with van der Waals surface area (Å²) < 4.78 is 1.55. The molecule has 0 amide bonds. The van der Waals surface area contributed by atoms with E-state index in [4.69, 9.17) is 17.3 Å². The third-order valence-corrected chi connectivity index (χ3v) is 3.32. The number of aromatic hydroxyl groups is 1. The van der Waals surface area contributed by atoms with E-state index >= 15 is 0 Å². The van der Waals surface area contributed by atoms with Crippen molar-refractivity contribution in [2.24, 2.45) is 5.10 Å². The number of aromatic nitrogens is 1. The molecule has 18 heavy (non-hydrogen) atoms. The number of thiazole rings is 1. The summed E-state index contributed by atoms with van der Waals surface area (Å²) in [5.41, 5.74) is 0.583. The van der Waals surface area contributed by atoms with E-state index in [1.807, 2.05) is 0 Å². The van der Waals surface area contributed by atoms with E-state index in [0.29, 0.717) is 9.52 Å². The summed E-state index contributed by atoms with van der Waals surface area (Å²) in [5, 5.41) is 23.9. The lowest BCUT2D eigenvalue weighted by Gasteiger charge is -2.00. The van der Waals surface area contributed by atoms with Crippen LogP contribution in [0.4, 0.5) is 0 Å². The molecule has 7 heteroatoms. The number of benzene rings is 1. The van der Waals surface area contributed by atoms with E-state index in [-0.39, 0.29) is 11.4 Å². The molecule has 92 valence electrons. The molecule has 0 aliphatic heterocycles. The van der Waals surface area contributed by atoms with Crippen molar-refractivity contribution < 1.29 is 15.0 Å². The van der Waals surface area contributed by atoms with Crippen LogP contribution in [0.25, 0.3) is 0 Å². The second-order valence-corrected chi connectivity index (χ2v) is 4.81. The lowest BCUT2D eigenvalue weighted by atomic mass is 10.1. The van der Waals surface area contributed by atoms with Crippen molar-refractivity contribution in [1.29, 1.82) is 0 Å². The van der Waals surface area contributed by atoms with Gasteiger partial charge in [-0.2, -0.15) is 9.78 Å². The number of rotatable bonds is 3. The monoisotopic (exact) mass is 280 g/mol. The molecule has 0 aliphatic carbocycles. The van der Waals surface area contributed by atoms with Crippen molar-refractivity contribution in [3.8, 4) is 5.88 Å². The summed E-state index contributed by atoms with van der Waals surface area (Å²) >= 11 is 6.14. The summed E-state index contributed by atoms with van der Waals surface area (Å²) in [6.45, 7) is 0. The minimum Gasteiger partial charge on any atom is -0.493 e. The fourth-order valence-corrected chi connectivity index (χ4v) is 2.16. The fraction of sp³-hybridized carbons (Fsp3) is 0. The molecule has 0 atom stereocenters. The van der Waals surface area contributed by atoms with Crippen LogP contribution < -0.4 is 0 Å². The fourth-order valence-electron chi connectivity index (χ4n) is 1.33. The number of hydrogen-bond acceptors (Lipinski definition) is 5. The topological polar surface area (TPSA) is 74.8 Å². The zero-order chi connectivity index (χ0) is 13.1. The van der Waals surface area contributed by atoms with Gasteiger partial charge < -0.3 is 10.2 Å². The highest BCUT2D eigenvalue weighted by atomic mass is 32.1. The van der Waals surface area contributed by atoms with Gasteiger partial charge in [0.2, 0.25) is 5.88 Å². The quantitative estimate of drug-likeness (QED) is 0.669. The summed E-state index contributed by atoms with van der Waals surface area (Å²) in [6.07, 6.45) is 1.35. The van der Waals surface area contributed by atoms with Gasteiger partial charge in [-0.3, -0.25) is 0 Å². The van der Waals surface area contributed by atoms with Crippen LogP contribution in [0.15, 0.2) is 34.7 Å². The molecule has 5 nitrogen and oxygen atoms in total. The van der Waals surface area contributed by atoms with Gasteiger partial charge in [0, 0.05) is 5.56 Å². The van der Waals surface area contributed by atoms with Gasteiger partial charge in [0.25, 0.3) is 0 Å². The Morgan fingerprint density at radius 2 is 2.17 bits per heavy atom. The van der Waals surface area contributed by atoms with Crippen molar-refractivity contribution in [2.75, 3.05) is 0 Å². The van der Waals surface area contributed by atoms with E-state index in [2.05, 4.69) is 5.10 Å². The Labute approximate surface area is 111 Å². The van der Waals surface area contributed by atoms with E-state index in [0.717, 1.165) is 0 Å². The third kappa shape index (κ3) is 2.47. The van der Waals surface area contributed by atoms with Crippen molar-refractivity contribution in [3.63, 3.8) is 0 Å². The average Bonchev–Trinajstić information content (AvgIpc) is 2.67. The number of carboxylic acids is 1. The molecule has 2 N–H and O–H groups in total. The van der Waals surface area contributed by atoms with E-state index < -0.39 is 5.97 Å². The van der Waals surface area contributed by atoms with Crippen LogP contribution in [0, 0.1) is 3.95 Å². The standard InChI is InChI=1S/C11H8N2O3S2/c14-9-6-18-11(17)13(9)12-5-7-3-1-2-4-8(7)10(15)16/h1-6,14H,(H,15,16). The molecule has 0 fully saturated rings. The van der Waals surface area contributed by atoms with Gasteiger partial charge in [-0.25, -0.2) is 4.79 Å². The van der Waals surface area contributed by atoms with Gasteiger partial charge in [-0.15, -0.1) is 11.3 Å². The minimum atomic E-state index is -1.03. The molecular formula is C11H8N2O3S2. The first-order valence-corrected chi connectivity index (χ1v) is 6.14. The molecule has 0 saturated heterocycles. The molecule has 0 spiro atoms. The van der Waals surface area contributed by atoms with Crippen LogP contribution >= 0.6 is 23.6 Å². The molecule has 1 aromatic heterocycles. The number of nitrogens with zero attached hydrogens (tertiary/aromatic N) is 2. The normalized spacial score (nSPS) is 10.9. The SMILES string of the molecule is O=C(O)c1ccccc1C=Nn1c(O)csc1=S. The maximum atomic E-state index is 11.0. The summed E-state index contributed by atoms with van der Waals surface area (Å²) in [6, 6.07) is 6.45. The number of aromatic carboxylic acids is 1. The van der Waals surface area contributed by atoms with E-state index in [1.54, 1.807) is 18.2 Å². The molecule has 0 bridgehead atoms. The van der Waals surface area contributed by atoms with Crippen LogP contribution in [0.1, 0.15) is 15.9 Å². The van der Waals surface area contributed by atoms with E-state index in [9.17, 15) is 9.90 Å². The van der Waals surface area contributed by atoms with Crippen LogP contribution in [0.3, 0.4) is 0 Å². The number of carboxylic acid groups (broad SMARTS) is 1. The van der Waals surface area contributed by atoms with Crippen molar-refractivity contribution in [3.05, 3.63) is 44.7 Å². The summed E-state index contributed by atoms with van der Waals surface area (Å²) in [5.74, 6) is -1.11. The molecule has 0 unspecified atom stereocenters. The summed E-state index contributed by atoms with van der Waals surface area (Å²) in [4.78, 5) is 11.0. The predicted octanol–water partition coefficient (Wildman–Crippen LogP) is 2.57. The molecule has 0 saturated carbocycles. The molecule has 2 aromatic rings. The smallest absolute Gasteiger partial charge is 0.336 e. The van der Waals surface area contributed by atoms with Crippen LogP contribution in [0.5, 0.6) is 5.88 Å². The first-order valence-electron chi connectivity index (χ1n) is 4.86. The molecular weight excluding hydrogens is 272 g/mol. The second kappa shape index (κ2) is 5.11. The first-order chi connectivity index (χ1) is 8.59. The molecule has 2 rings (SSSR count). The van der Waals surface area contributed by atoms with Gasteiger partial charge >= 0.3 is 5.97 Å². The molecule has 0 aliphatic rings. The lowest BCUT2D eigenvalue weighted by Crippen LogP contribution is -2.02. The lowest BCUT2D eigenvalue weighted by molar-refractivity contribution is 0.0697. The maximum Gasteiger partial charge on any atom is 0.336 e. The van der Waals surface area contributed by atoms with Gasteiger partial charge in [0.1, 0.15) is 0 Å². The largest absolute Gasteiger partial charge is 0.493 e. The maximum absolute atomic E-state index is 11.0. The van der Waals surface area contributed by atoms with Crippen molar-refractivity contribution in [2.45, 2.75) is 0 Å². The third-order valence-electron chi connectivity index (χ3n) is 2.16. The predicted molar refractivity (Wildman–Crippen MR) is 71.2 cm³/mol. The Kier molecular flexibility index (Phi) is 3.54. The molecule has 0 radical (unpaired) electrons. The number of hydrogen-bond donors (Lipinski definition) is 2. The minimum absolute atomic E-state index is 0.0749. The molecule has 1 heterocycles. The van der Waals surface area contributed by atoms with Gasteiger partial charge in [0.05, 0.1) is 17.2 Å². The Morgan fingerprint density at radius 1 is 1.44 bits per heavy atom. The molecule has 1 aromatic carbocycles. The van der Waals surface area contributed by atoms with Gasteiger partial charge in [-0.1, -0.05) is 18.2 Å². The Hall–Kier alpha value is -1.99. The second-order valence-electron chi connectivity index (χ2n) is 3.31. The van der Waals surface area contributed by atoms with Crippen molar-refractivity contribution in [1.82, 2.24) is 4.68 Å². The first kappa shape index (κ1) is 12.5. The van der Waals surface area contributed by atoms with Crippen molar-refractivity contribution >= 4 is 35.7 Å². The van der Waals surface area contributed by atoms with Gasteiger partial charge in [-0.05, 0) is 18.3 Å². The Bertz CT molecular complexity index is 673. The highest BCUT2D eigenvalue weighted by Gasteiger charge is 2.07. The van der Waals surface area contributed by atoms with Crippen LogP contribution in [-0.4, -0.2) is 27.1 Å².